The van der Waals surface area contributed by atoms with E-state index in [0.29, 0.717) is 5.56 Å². The molecule has 0 aliphatic rings. The average Bonchev–Trinajstić information content (AvgIpc) is 3.33. The lowest BCUT2D eigenvalue weighted by Crippen LogP contribution is -2.29. The third-order valence-corrected chi connectivity index (χ3v) is 4.79. The summed E-state index contributed by atoms with van der Waals surface area (Å²) in [5.41, 5.74) is 3.55. The highest BCUT2D eigenvalue weighted by Gasteiger charge is 2.18. The second-order valence-corrected chi connectivity index (χ2v) is 6.61. The van der Waals surface area contributed by atoms with Crippen LogP contribution in [0.1, 0.15) is 27.5 Å². The number of hydrogen-bond acceptors (Lipinski definition) is 3. The molecule has 4 aromatic rings. The minimum Gasteiger partial charge on any atom is -0.497 e. The molecule has 1 unspecified atom stereocenters. The molecule has 0 saturated heterocycles. The molecule has 0 bridgehead atoms. The first-order valence-corrected chi connectivity index (χ1v) is 9.33. The van der Waals surface area contributed by atoms with Gasteiger partial charge in [0.05, 0.1) is 19.5 Å². The Morgan fingerprint density at radius 3 is 2.24 bits per heavy atom. The van der Waals surface area contributed by atoms with Crippen molar-refractivity contribution in [2.24, 2.45) is 0 Å². The van der Waals surface area contributed by atoms with Crippen molar-refractivity contribution < 1.29 is 9.53 Å². The Labute approximate surface area is 169 Å². The number of imidazole rings is 1. The smallest absolute Gasteiger partial charge is 0.252 e. The molecule has 0 aliphatic heterocycles. The van der Waals surface area contributed by atoms with Gasteiger partial charge in [-0.2, -0.15) is 0 Å². The van der Waals surface area contributed by atoms with E-state index in [0.717, 1.165) is 22.6 Å². The molecule has 1 amide bonds. The third kappa shape index (κ3) is 4.19. The van der Waals surface area contributed by atoms with E-state index in [9.17, 15) is 4.79 Å². The van der Waals surface area contributed by atoms with Crippen molar-refractivity contribution in [2.45, 2.75) is 6.04 Å². The van der Waals surface area contributed by atoms with Crippen LogP contribution in [-0.2, 0) is 0 Å². The van der Waals surface area contributed by atoms with Crippen molar-refractivity contribution >= 4 is 5.91 Å². The zero-order valence-electron chi connectivity index (χ0n) is 16.0. The van der Waals surface area contributed by atoms with Gasteiger partial charge >= 0.3 is 0 Å². The van der Waals surface area contributed by atoms with E-state index in [-0.39, 0.29) is 11.9 Å². The van der Waals surface area contributed by atoms with E-state index < -0.39 is 0 Å². The SMILES string of the molecule is COc1ccc(C(NC(=O)c2ccc(-n3ccnc3)cc2)c2ccccc2)cc1. The highest BCUT2D eigenvalue weighted by atomic mass is 16.5. The summed E-state index contributed by atoms with van der Waals surface area (Å²) in [6, 6.07) is 24.9. The molecule has 0 aliphatic carbocycles. The molecule has 1 heterocycles. The van der Waals surface area contributed by atoms with Gasteiger partial charge in [0, 0.05) is 23.6 Å². The lowest BCUT2D eigenvalue weighted by atomic mass is 9.98. The van der Waals surface area contributed by atoms with Crippen LogP contribution in [0, 0.1) is 0 Å². The molecule has 0 fully saturated rings. The molecule has 1 N–H and O–H groups in total. The molecular weight excluding hydrogens is 362 g/mol. The van der Waals surface area contributed by atoms with Crippen LogP contribution >= 0.6 is 0 Å². The molecule has 5 heteroatoms. The van der Waals surface area contributed by atoms with Crippen molar-refractivity contribution in [1.82, 2.24) is 14.9 Å². The molecule has 3 aromatic carbocycles. The summed E-state index contributed by atoms with van der Waals surface area (Å²) < 4.78 is 7.15. The molecule has 0 radical (unpaired) electrons. The zero-order valence-corrected chi connectivity index (χ0v) is 16.0. The fourth-order valence-electron chi connectivity index (χ4n) is 3.21. The molecule has 5 nitrogen and oxygen atoms in total. The maximum Gasteiger partial charge on any atom is 0.252 e. The quantitative estimate of drug-likeness (QED) is 0.537. The number of hydrogen-bond donors (Lipinski definition) is 1. The first-order valence-electron chi connectivity index (χ1n) is 9.33. The highest BCUT2D eigenvalue weighted by molar-refractivity contribution is 5.94. The van der Waals surface area contributed by atoms with E-state index in [2.05, 4.69) is 10.3 Å². The van der Waals surface area contributed by atoms with Crippen LogP contribution in [0.4, 0.5) is 0 Å². The van der Waals surface area contributed by atoms with E-state index in [4.69, 9.17) is 4.74 Å². The Kier molecular flexibility index (Phi) is 5.38. The van der Waals surface area contributed by atoms with Gasteiger partial charge in [-0.1, -0.05) is 42.5 Å². The van der Waals surface area contributed by atoms with Crippen LogP contribution < -0.4 is 10.1 Å². The first-order chi connectivity index (χ1) is 14.2. The normalized spacial score (nSPS) is 11.6. The summed E-state index contributed by atoms with van der Waals surface area (Å²) in [4.78, 5) is 17.0. The standard InChI is InChI=1S/C24H21N3O2/c1-29-22-13-9-19(10-14-22)23(18-5-3-2-4-6-18)26-24(28)20-7-11-21(12-8-20)27-16-15-25-17-27/h2-17,23H,1H3,(H,26,28). The minimum atomic E-state index is -0.261. The summed E-state index contributed by atoms with van der Waals surface area (Å²) in [7, 11) is 1.64. The summed E-state index contributed by atoms with van der Waals surface area (Å²) in [6.07, 6.45) is 5.31. The first kappa shape index (κ1) is 18.5. The van der Waals surface area contributed by atoms with Gasteiger partial charge in [-0.25, -0.2) is 4.98 Å². The Hall–Kier alpha value is -3.86. The number of nitrogens with one attached hydrogen (secondary N) is 1. The molecule has 0 spiro atoms. The number of carbonyl (C=O) groups excluding carboxylic acids is 1. The van der Waals surface area contributed by atoms with Crippen molar-refractivity contribution in [3.63, 3.8) is 0 Å². The lowest BCUT2D eigenvalue weighted by Gasteiger charge is -2.20. The molecule has 0 saturated carbocycles. The molecule has 4 rings (SSSR count). The Balaban J connectivity index is 1.59. The van der Waals surface area contributed by atoms with Gasteiger partial charge < -0.3 is 14.6 Å². The fraction of sp³-hybridized carbons (Fsp3) is 0.0833. The van der Waals surface area contributed by atoms with Crippen LogP contribution in [0.5, 0.6) is 5.75 Å². The number of methoxy groups -OCH3 is 1. The molecular formula is C24H21N3O2. The topological polar surface area (TPSA) is 56.1 Å². The van der Waals surface area contributed by atoms with Gasteiger partial charge in [0.25, 0.3) is 5.91 Å². The monoisotopic (exact) mass is 383 g/mol. The van der Waals surface area contributed by atoms with Gasteiger partial charge in [0.1, 0.15) is 5.75 Å². The van der Waals surface area contributed by atoms with Crippen LogP contribution in [0.2, 0.25) is 0 Å². The maximum atomic E-state index is 13.0. The van der Waals surface area contributed by atoms with Gasteiger partial charge in [-0.05, 0) is 47.5 Å². The van der Waals surface area contributed by atoms with Gasteiger partial charge in [-0.3, -0.25) is 4.79 Å². The molecule has 1 atom stereocenters. The Morgan fingerprint density at radius 2 is 1.62 bits per heavy atom. The van der Waals surface area contributed by atoms with Gasteiger partial charge in [-0.15, -0.1) is 0 Å². The number of carbonyl (C=O) groups is 1. The van der Waals surface area contributed by atoms with Gasteiger partial charge in [0.2, 0.25) is 0 Å². The van der Waals surface area contributed by atoms with E-state index in [1.165, 1.54) is 0 Å². The number of rotatable bonds is 6. The summed E-state index contributed by atoms with van der Waals surface area (Å²) >= 11 is 0. The molecule has 29 heavy (non-hydrogen) atoms. The van der Waals surface area contributed by atoms with E-state index in [1.807, 2.05) is 89.6 Å². The summed E-state index contributed by atoms with van der Waals surface area (Å²) in [5, 5.41) is 3.16. The number of aromatic nitrogens is 2. The fourth-order valence-corrected chi connectivity index (χ4v) is 3.21. The summed E-state index contributed by atoms with van der Waals surface area (Å²) in [5.74, 6) is 0.647. The van der Waals surface area contributed by atoms with Crippen LogP contribution in [0.25, 0.3) is 5.69 Å². The second kappa shape index (κ2) is 8.44. The van der Waals surface area contributed by atoms with E-state index >= 15 is 0 Å². The second-order valence-electron chi connectivity index (χ2n) is 6.61. The van der Waals surface area contributed by atoms with Crippen molar-refractivity contribution in [2.75, 3.05) is 7.11 Å². The van der Waals surface area contributed by atoms with Crippen molar-refractivity contribution in [3.05, 3.63) is 114 Å². The predicted octanol–water partition coefficient (Wildman–Crippen LogP) is 4.40. The molecule has 144 valence electrons. The van der Waals surface area contributed by atoms with Gasteiger partial charge in [0.15, 0.2) is 0 Å². The Bertz CT molecular complexity index is 1060. The number of ether oxygens (including phenoxy) is 1. The van der Waals surface area contributed by atoms with Crippen molar-refractivity contribution in [1.29, 1.82) is 0 Å². The molecule has 1 aromatic heterocycles. The number of amides is 1. The highest BCUT2D eigenvalue weighted by Crippen LogP contribution is 2.24. The van der Waals surface area contributed by atoms with Crippen molar-refractivity contribution in [3.8, 4) is 11.4 Å². The summed E-state index contributed by atoms with van der Waals surface area (Å²) in [6.45, 7) is 0. The van der Waals surface area contributed by atoms with Crippen LogP contribution in [0.3, 0.4) is 0 Å². The number of nitrogens with zero attached hydrogens (tertiary/aromatic N) is 2. The maximum absolute atomic E-state index is 13.0. The average molecular weight is 383 g/mol. The zero-order chi connectivity index (χ0) is 20.1. The largest absolute Gasteiger partial charge is 0.497 e. The predicted molar refractivity (Wildman–Crippen MR) is 112 cm³/mol. The Morgan fingerprint density at radius 1 is 0.931 bits per heavy atom. The van der Waals surface area contributed by atoms with Crippen LogP contribution in [-0.4, -0.2) is 22.6 Å². The van der Waals surface area contributed by atoms with E-state index in [1.54, 1.807) is 19.6 Å². The minimum absolute atomic E-state index is 0.133. The third-order valence-electron chi connectivity index (χ3n) is 4.79. The number of benzene rings is 3. The lowest BCUT2D eigenvalue weighted by molar-refractivity contribution is 0.0943. The van der Waals surface area contributed by atoms with Crippen LogP contribution in [0.15, 0.2) is 97.6 Å².